The molecular weight excluding hydrogens is 527 g/mol. The Morgan fingerprint density at radius 3 is 2.44 bits per heavy atom. The number of rotatable bonds is 7. The van der Waals surface area contributed by atoms with Crippen LogP contribution >= 0.6 is 39.9 Å². The van der Waals surface area contributed by atoms with E-state index in [4.69, 9.17) is 14.0 Å². The molecule has 0 bridgehead atoms. The van der Waals surface area contributed by atoms with Crippen molar-refractivity contribution in [2.75, 3.05) is 21.3 Å². The van der Waals surface area contributed by atoms with Gasteiger partial charge < -0.3 is 24.6 Å². The molecule has 1 heterocycles. The van der Waals surface area contributed by atoms with Gasteiger partial charge in [0.15, 0.2) is 23.2 Å². The van der Waals surface area contributed by atoms with Crippen molar-refractivity contribution < 1.29 is 14.0 Å². The number of halogens is 2. The van der Waals surface area contributed by atoms with Gasteiger partial charge in [0.1, 0.15) is 0 Å². The van der Waals surface area contributed by atoms with Crippen LogP contribution in [0.15, 0.2) is 32.2 Å². The zero-order valence-corrected chi connectivity index (χ0v) is 20.0. The fourth-order valence-corrected chi connectivity index (χ4v) is 2.99. The molecule has 2 aromatic rings. The fourth-order valence-electron chi connectivity index (χ4n) is 2.33. The SMILES string of the molecule is CN=C(NCc1cc(Br)c(OC)c(OC)c1)NCc1cc(C(C)C)no1.I. The maximum Gasteiger partial charge on any atom is 0.191 e. The molecule has 7 nitrogen and oxygen atoms in total. The van der Waals surface area contributed by atoms with Crippen LogP contribution in [0, 0.1) is 0 Å². The average Bonchev–Trinajstić information content (AvgIpc) is 3.10. The summed E-state index contributed by atoms with van der Waals surface area (Å²) < 4.78 is 16.9. The summed E-state index contributed by atoms with van der Waals surface area (Å²) in [7, 11) is 4.95. The van der Waals surface area contributed by atoms with Crippen LogP contribution in [0.4, 0.5) is 0 Å². The first kappa shape index (κ1) is 23.5. The molecule has 0 saturated carbocycles. The third kappa shape index (κ3) is 6.56. The number of ether oxygens (including phenoxy) is 2. The van der Waals surface area contributed by atoms with E-state index in [0.717, 1.165) is 21.5 Å². The molecule has 2 rings (SSSR count). The van der Waals surface area contributed by atoms with Crippen molar-refractivity contribution in [3.05, 3.63) is 39.7 Å². The summed E-state index contributed by atoms with van der Waals surface area (Å²) in [6, 6.07) is 5.86. The molecule has 27 heavy (non-hydrogen) atoms. The average molecular weight is 553 g/mol. The van der Waals surface area contributed by atoms with E-state index in [-0.39, 0.29) is 24.0 Å². The van der Waals surface area contributed by atoms with Gasteiger partial charge in [0.05, 0.1) is 30.9 Å². The zero-order valence-electron chi connectivity index (χ0n) is 16.1. The summed E-state index contributed by atoms with van der Waals surface area (Å²) in [6.45, 7) is 5.24. The number of nitrogens with zero attached hydrogens (tertiary/aromatic N) is 2. The Morgan fingerprint density at radius 2 is 1.89 bits per heavy atom. The maximum absolute atomic E-state index is 5.37. The lowest BCUT2D eigenvalue weighted by atomic mass is 10.1. The molecule has 0 fully saturated rings. The maximum atomic E-state index is 5.37. The Labute approximate surface area is 185 Å². The molecule has 0 aliphatic heterocycles. The van der Waals surface area contributed by atoms with Gasteiger partial charge >= 0.3 is 0 Å². The molecule has 0 amide bonds. The third-order valence-electron chi connectivity index (χ3n) is 3.78. The Hall–Kier alpha value is -1.49. The minimum atomic E-state index is 0. The van der Waals surface area contributed by atoms with Crippen LogP contribution in [0.1, 0.15) is 36.8 Å². The monoisotopic (exact) mass is 552 g/mol. The van der Waals surface area contributed by atoms with Gasteiger partial charge in [0.25, 0.3) is 0 Å². The Morgan fingerprint density at radius 1 is 1.19 bits per heavy atom. The molecule has 0 saturated heterocycles. The van der Waals surface area contributed by atoms with E-state index < -0.39 is 0 Å². The molecule has 9 heteroatoms. The number of benzene rings is 1. The highest BCUT2D eigenvalue weighted by atomic mass is 127. The smallest absolute Gasteiger partial charge is 0.191 e. The van der Waals surface area contributed by atoms with Crippen LogP contribution < -0.4 is 20.1 Å². The van der Waals surface area contributed by atoms with Crippen LogP contribution in [0.5, 0.6) is 11.5 Å². The first-order chi connectivity index (χ1) is 12.5. The van der Waals surface area contributed by atoms with Crippen molar-refractivity contribution in [1.82, 2.24) is 15.8 Å². The first-order valence-corrected chi connectivity index (χ1v) is 9.08. The summed E-state index contributed by atoms with van der Waals surface area (Å²) in [5, 5.41) is 10.5. The van der Waals surface area contributed by atoms with Crippen LogP contribution in [0.3, 0.4) is 0 Å². The van der Waals surface area contributed by atoms with E-state index in [9.17, 15) is 0 Å². The summed E-state index contributed by atoms with van der Waals surface area (Å²) in [4.78, 5) is 4.22. The molecule has 1 aromatic heterocycles. The molecule has 0 radical (unpaired) electrons. The second kappa shape index (κ2) is 11.4. The minimum Gasteiger partial charge on any atom is -0.493 e. The second-order valence-electron chi connectivity index (χ2n) is 5.97. The van der Waals surface area contributed by atoms with E-state index in [1.54, 1.807) is 21.3 Å². The van der Waals surface area contributed by atoms with Gasteiger partial charge in [-0.15, -0.1) is 24.0 Å². The van der Waals surface area contributed by atoms with Crippen LogP contribution in [0.2, 0.25) is 0 Å². The lowest BCUT2D eigenvalue weighted by Crippen LogP contribution is -2.36. The van der Waals surface area contributed by atoms with Crippen LogP contribution in [-0.2, 0) is 13.1 Å². The second-order valence-corrected chi connectivity index (χ2v) is 6.82. The van der Waals surface area contributed by atoms with Gasteiger partial charge in [0.2, 0.25) is 0 Å². The fraction of sp³-hybridized carbons (Fsp3) is 0.444. The molecule has 2 N–H and O–H groups in total. The van der Waals surface area contributed by atoms with Gasteiger partial charge in [-0.05, 0) is 39.5 Å². The largest absolute Gasteiger partial charge is 0.493 e. The van der Waals surface area contributed by atoms with Crippen molar-refractivity contribution in [3.63, 3.8) is 0 Å². The van der Waals surface area contributed by atoms with Crippen molar-refractivity contribution >= 4 is 45.9 Å². The van der Waals surface area contributed by atoms with Gasteiger partial charge in [0, 0.05) is 19.7 Å². The minimum absolute atomic E-state index is 0. The Bertz CT molecular complexity index is 765. The van der Waals surface area contributed by atoms with Crippen molar-refractivity contribution in [2.24, 2.45) is 4.99 Å². The Kier molecular flexibility index (Phi) is 9.92. The van der Waals surface area contributed by atoms with Crippen LogP contribution in [0.25, 0.3) is 0 Å². The quantitative estimate of drug-likeness (QED) is 0.306. The molecule has 0 atom stereocenters. The standard InChI is InChI=1S/C18H25BrN4O3.HI/c1-11(2)15-8-13(26-23-15)10-22-18(20-3)21-9-12-6-14(19)17(25-5)16(7-12)24-4;/h6-8,11H,9-10H2,1-5H3,(H2,20,21,22);1H. The predicted octanol–water partition coefficient (Wildman–Crippen LogP) is 4.06. The highest BCUT2D eigenvalue weighted by Crippen LogP contribution is 2.36. The zero-order chi connectivity index (χ0) is 19.1. The number of aliphatic imine (C=N–C) groups is 1. The number of methoxy groups -OCH3 is 2. The summed E-state index contributed by atoms with van der Waals surface area (Å²) in [5.41, 5.74) is 1.97. The van der Waals surface area contributed by atoms with Gasteiger partial charge in [-0.1, -0.05) is 19.0 Å². The molecular formula is C18H26BrIN4O3. The molecule has 150 valence electrons. The summed E-state index contributed by atoms with van der Waals surface area (Å²) in [6.07, 6.45) is 0. The number of aromatic nitrogens is 1. The molecule has 0 unspecified atom stereocenters. The number of guanidine groups is 1. The van der Waals surface area contributed by atoms with E-state index in [1.807, 2.05) is 18.2 Å². The molecule has 0 aliphatic rings. The predicted molar refractivity (Wildman–Crippen MR) is 120 cm³/mol. The first-order valence-electron chi connectivity index (χ1n) is 8.28. The van der Waals surface area contributed by atoms with E-state index in [1.165, 1.54) is 0 Å². The normalized spacial score (nSPS) is 11.1. The molecule has 0 aliphatic carbocycles. The molecule has 1 aromatic carbocycles. The lowest BCUT2D eigenvalue weighted by Gasteiger charge is -2.14. The van der Waals surface area contributed by atoms with Gasteiger partial charge in [-0.2, -0.15) is 0 Å². The van der Waals surface area contributed by atoms with Gasteiger partial charge in [-0.25, -0.2) is 0 Å². The Balaban J connectivity index is 0.00000364. The van der Waals surface area contributed by atoms with E-state index in [0.29, 0.717) is 36.5 Å². The number of hydrogen-bond donors (Lipinski definition) is 2. The number of nitrogens with one attached hydrogen (secondary N) is 2. The lowest BCUT2D eigenvalue weighted by molar-refractivity contribution is 0.352. The highest BCUT2D eigenvalue weighted by Gasteiger charge is 2.11. The molecule has 0 spiro atoms. The number of hydrogen-bond acceptors (Lipinski definition) is 5. The van der Waals surface area contributed by atoms with E-state index in [2.05, 4.69) is 50.6 Å². The van der Waals surface area contributed by atoms with Gasteiger partial charge in [-0.3, -0.25) is 4.99 Å². The third-order valence-corrected chi connectivity index (χ3v) is 4.36. The summed E-state index contributed by atoms with van der Waals surface area (Å²) in [5.74, 6) is 3.12. The summed E-state index contributed by atoms with van der Waals surface area (Å²) >= 11 is 3.50. The highest BCUT2D eigenvalue weighted by molar-refractivity contribution is 14.0. The van der Waals surface area contributed by atoms with Crippen molar-refractivity contribution in [1.29, 1.82) is 0 Å². The van der Waals surface area contributed by atoms with Crippen LogP contribution in [-0.4, -0.2) is 32.4 Å². The van der Waals surface area contributed by atoms with Crippen molar-refractivity contribution in [3.8, 4) is 11.5 Å². The topological polar surface area (TPSA) is 80.9 Å². The van der Waals surface area contributed by atoms with E-state index >= 15 is 0 Å². The van der Waals surface area contributed by atoms with Crippen molar-refractivity contribution in [2.45, 2.75) is 32.9 Å².